The van der Waals surface area contributed by atoms with Crippen molar-refractivity contribution in [3.63, 3.8) is 0 Å². The molecule has 0 saturated heterocycles. The van der Waals surface area contributed by atoms with Crippen LogP contribution in [-0.2, 0) is 0 Å². The van der Waals surface area contributed by atoms with E-state index in [0.717, 1.165) is 28.7 Å². The fourth-order valence-electron chi connectivity index (χ4n) is 2.54. The summed E-state index contributed by atoms with van der Waals surface area (Å²) in [5.74, 6) is 0.423. The minimum Gasteiger partial charge on any atom is -0.508 e. The van der Waals surface area contributed by atoms with Crippen LogP contribution in [0.2, 0.25) is 0 Å². The van der Waals surface area contributed by atoms with Gasteiger partial charge in [0, 0.05) is 6.42 Å². The van der Waals surface area contributed by atoms with Crippen molar-refractivity contribution in [1.29, 1.82) is 0 Å². The second-order valence-electron chi connectivity index (χ2n) is 5.15. The molecule has 0 aliphatic heterocycles. The molecule has 4 nitrogen and oxygen atoms in total. The van der Waals surface area contributed by atoms with Crippen molar-refractivity contribution >= 4 is 33.7 Å². The molecule has 0 aliphatic rings. The summed E-state index contributed by atoms with van der Waals surface area (Å²) in [5.41, 5.74) is 4.08. The first-order chi connectivity index (χ1) is 11.0. The fourth-order valence-corrected chi connectivity index (χ4v) is 2.98. The number of alkyl halides is 1. The van der Waals surface area contributed by atoms with Crippen molar-refractivity contribution in [2.24, 2.45) is 5.18 Å². The SMILES string of the molecule is CCC(=C(CC(I)N=O)c1ccc(O)cc1)c1ccc(O)cc1. The highest BCUT2D eigenvalue weighted by Gasteiger charge is 2.15. The van der Waals surface area contributed by atoms with Crippen LogP contribution < -0.4 is 0 Å². The second-order valence-corrected chi connectivity index (χ2v) is 6.59. The summed E-state index contributed by atoms with van der Waals surface area (Å²) in [7, 11) is 0. The zero-order valence-corrected chi connectivity index (χ0v) is 14.9. The lowest BCUT2D eigenvalue weighted by Gasteiger charge is -2.16. The summed E-state index contributed by atoms with van der Waals surface area (Å²) >= 11 is 2.03. The van der Waals surface area contributed by atoms with Gasteiger partial charge in [-0.15, -0.1) is 4.91 Å². The summed E-state index contributed by atoms with van der Waals surface area (Å²) < 4.78 is -0.366. The van der Waals surface area contributed by atoms with Crippen molar-refractivity contribution in [1.82, 2.24) is 0 Å². The highest BCUT2D eigenvalue weighted by Crippen LogP contribution is 2.35. The summed E-state index contributed by atoms with van der Waals surface area (Å²) in [6.07, 6.45) is 1.29. The monoisotopic (exact) mass is 423 g/mol. The maximum atomic E-state index is 10.9. The molecular weight excluding hydrogens is 405 g/mol. The van der Waals surface area contributed by atoms with Gasteiger partial charge in [0.15, 0.2) is 0 Å². The number of nitrogens with zero attached hydrogens (tertiary/aromatic N) is 1. The highest BCUT2D eigenvalue weighted by atomic mass is 127. The van der Waals surface area contributed by atoms with Crippen LogP contribution in [0, 0.1) is 4.91 Å². The Bertz CT molecular complexity index is 693. The lowest BCUT2D eigenvalue weighted by molar-refractivity contribution is 0.474. The number of phenols is 2. The average Bonchev–Trinajstić information content (AvgIpc) is 2.57. The molecule has 23 heavy (non-hydrogen) atoms. The topological polar surface area (TPSA) is 69.9 Å². The summed E-state index contributed by atoms with van der Waals surface area (Å²) in [6.45, 7) is 2.05. The van der Waals surface area contributed by atoms with E-state index in [0.29, 0.717) is 6.42 Å². The second kappa shape index (κ2) is 8.10. The average molecular weight is 423 g/mol. The Morgan fingerprint density at radius 3 is 1.78 bits per heavy atom. The molecule has 2 aromatic rings. The lowest BCUT2D eigenvalue weighted by atomic mass is 9.91. The van der Waals surface area contributed by atoms with E-state index in [9.17, 15) is 15.1 Å². The molecule has 2 aromatic carbocycles. The summed E-state index contributed by atoms with van der Waals surface area (Å²) in [5, 5.41) is 22.1. The molecule has 1 atom stereocenters. The third-order valence-corrected chi connectivity index (χ3v) is 4.30. The number of benzene rings is 2. The maximum Gasteiger partial charge on any atom is 0.147 e. The van der Waals surface area contributed by atoms with E-state index in [1.165, 1.54) is 0 Å². The minimum atomic E-state index is -0.366. The lowest BCUT2D eigenvalue weighted by Crippen LogP contribution is -1.99. The maximum absolute atomic E-state index is 10.9. The van der Waals surface area contributed by atoms with Crippen LogP contribution in [0.1, 0.15) is 30.9 Å². The molecule has 0 spiro atoms. The highest BCUT2D eigenvalue weighted by molar-refractivity contribution is 14.1. The van der Waals surface area contributed by atoms with Gasteiger partial charge in [0.1, 0.15) is 15.5 Å². The number of hydrogen-bond donors (Lipinski definition) is 2. The van der Waals surface area contributed by atoms with E-state index in [-0.39, 0.29) is 15.5 Å². The van der Waals surface area contributed by atoms with Gasteiger partial charge in [-0.3, -0.25) is 0 Å². The molecule has 0 aromatic heterocycles. The van der Waals surface area contributed by atoms with E-state index in [1.54, 1.807) is 24.3 Å². The van der Waals surface area contributed by atoms with E-state index in [4.69, 9.17) is 0 Å². The van der Waals surface area contributed by atoms with Gasteiger partial charge >= 0.3 is 0 Å². The van der Waals surface area contributed by atoms with Crippen LogP contribution in [0.5, 0.6) is 11.5 Å². The van der Waals surface area contributed by atoms with Gasteiger partial charge in [0.05, 0.1) is 0 Å². The minimum absolute atomic E-state index is 0.204. The number of hydrogen-bond acceptors (Lipinski definition) is 4. The van der Waals surface area contributed by atoms with Gasteiger partial charge in [-0.1, -0.05) is 59.0 Å². The Labute approximate surface area is 149 Å². The summed E-state index contributed by atoms with van der Waals surface area (Å²) in [6, 6.07) is 14.0. The number of nitroso groups, excluding NO2 is 1. The van der Waals surface area contributed by atoms with Crippen LogP contribution in [0.25, 0.3) is 11.1 Å². The Morgan fingerprint density at radius 1 is 0.957 bits per heavy atom. The Balaban J connectivity index is 2.57. The predicted octanol–water partition coefficient (Wildman–Crippen LogP) is 5.34. The van der Waals surface area contributed by atoms with Crippen molar-refractivity contribution in [2.45, 2.75) is 23.8 Å². The molecule has 0 aliphatic carbocycles. The van der Waals surface area contributed by atoms with Crippen LogP contribution in [-0.4, -0.2) is 14.3 Å². The number of aromatic hydroxyl groups is 2. The predicted molar refractivity (Wildman–Crippen MR) is 102 cm³/mol. The number of phenolic OH excluding ortho intramolecular Hbond substituents is 2. The molecule has 120 valence electrons. The largest absolute Gasteiger partial charge is 0.508 e. The zero-order chi connectivity index (χ0) is 16.8. The Kier molecular flexibility index (Phi) is 6.15. The van der Waals surface area contributed by atoms with E-state index in [1.807, 2.05) is 46.9 Å². The smallest absolute Gasteiger partial charge is 0.147 e. The van der Waals surface area contributed by atoms with E-state index in [2.05, 4.69) is 12.1 Å². The zero-order valence-electron chi connectivity index (χ0n) is 12.7. The first kappa shape index (κ1) is 17.5. The van der Waals surface area contributed by atoms with Gasteiger partial charge < -0.3 is 10.2 Å². The molecule has 2 rings (SSSR count). The molecule has 0 bridgehead atoms. The Hall–Kier alpha value is -1.89. The van der Waals surface area contributed by atoms with Crippen LogP contribution >= 0.6 is 22.6 Å². The number of halogens is 1. The van der Waals surface area contributed by atoms with Gasteiger partial charge in [0.25, 0.3) is 0 Å². The molecule has 0 saturated carbocycles. The van der Waals surface area contributed by atoms with Crippen LogP contribution in [0.15, 0.2) is 53.7 Å². The molecular formula is C18H18INO3. The molecule has 5 heteroatoms. The van der Waals surface area contributed by atoms with Crippen LogP contribution in [0.3, 0.4) is 0 Å². The molecule has 2 N–H and O–H groups in total. The molecule has 1 unspecified atom stereocenters. The normalized spacial score (nSPS) is 13.3. The van der Waals surface area contributed by atoms with Gasteiger partial charge in [-0.2, -0.15) is 0 Å². The number of rotatable bonds is 6. The summed E-state index contributed by atoms with van der Waals surface area (Å²) in [4.78, 5) is 10.9. The third-order valence-electron chi connectivity index (χ3n) is 3.64. The van der Waals surface area contributed by atoms with E-state index < -0.39 is 0 Å². The first-order valence-electron chi connectivity index (χ1n) is 7.32. The Morgan fingerprint density at radius 2 is 1.39 bits per heavy atom. The standard InChI is InChI=1S/C18H18INO3/c1-2-16(12-3-7-14(21)8-4-12)17(11-18(19)20-23)13-5-9-15(22)10-6-13/h3-10,18,21-22H,2,11H2,1H3. The first-order valence-corrected chi connectivity index (χ1v) is 8.57. The van der Waals surface area contributed by atoms with Gasteiger partial charge in [-0.25, -0.2) is 0 Å². The van der Waals surface area contributed by atoms with E-state index >= 15 is 0 Å². The van der Waals surface area contributed by atoms with Crippen molar-refractivity contribution < 1.29 is 10.2 Å². The quantitative estimate of drug-likeness (QED) is 0.217. The molecule has 0 heterocycles. The van der Waals surface area contributed by atoms with Crippen LogP contribution in [0.4, 0.5) is 0 Å². The van der Waals surface area contributed by atoms with Gasteiger partial charge in [-0.05, 0) is 53.0 Å². The molecule has 0 radical (unpaired) electrons. The van der Waals surface area contributed by atoms with Crippen molar-refractivity contribution in [3.8, 4) is 11.5 Å². The van der Waals surface area contributed by atoms with Crippen molar-refractivity contribution in [3.05, 3.63) is 64.6 Å². The fraction of sp³-hybridized carbons (Fsp3) is 0.222. The third kappa shape index (κ3) is 4.54. The van der Waals surface area contributed by atoms with Crippen molar-refractivity contribution in [2.75, 3.05) is 0 Å². The molecule has 0 amide bonds. The molecule has 0 fully saturated rings. The van der Waals surface area contributed by atoms with Gasteiger partial charge in [0.2, 0.25) is 0 Å². The number of allylic oxidation sites excluding steroid dienone is 1.